The Kier molecular flexibility index (Phi) is 3.88. The number of ketones is 1. The van der Waals surface area contributed by atoms with Crippen LogP contribution in [0.4, 0.5) is 0 Å². The third-order valence-corrected chi connectivity index (χ3v) is 1.23. The molecule has 0 amide bonds. The molecule has 0 spiro atoms. The third-order valence-electron chi connectivity index (χ3n) is 1.23. The van der Waals surface area contributed by atoms with E-state index in [1.165, 1.54) is 0 Å². The molecule has 0 unspecified atom stereocenters. The first-order chi connectivity index (χ1) is 5.00. The van der Waals surface area contributed by atoms with Gasteiger partial charge in [-0.15, -0.1) is 0 Å². The highest BCUT2D eigenvalue weighted by Crippen LogP contribution is 1.98. The minimum absolute atomic E-state index is 0.0524. The lowest BCUT2D eigenvalue weighted by molar-refractivity contribution is -0.139. The van der Waals surface area contributed by atoms with Gasteiger partial charge in [0, 0.05) is 0 Å². The molecule has 0 fully saturated rings. The van der Waals surface area contributed by atoms with Gasteiger partial charge in [-0.3, -0.25) is 4.79 Å². The van der Waals surface area contributed by atoms with Crippen LogP contribution < -0.4 is 0 Å². The molecule has 0 saturated heterocycles. The number of aldehydes is 1. The second kappa shape index (κ2) is 4.17. The highest BCUT2D eigenvalue weighted by Gasteiger charge is 2.27. The molecule has 0 aromatic heterocycles. The molecular formula is C6H10O5. The van der Waals surface area contributed by atoms with E-state index in [9.17, 15) is 9.59 Å². The Bertz CT molecular complexity index is 155. The lowest BCUT2D eigenvalue weighted by Crippen LogP contribution is -2.42. The van der Waals surface area contributed by atoms with E-state index in [0.29, 0.717) is 0 Å². The normalized spacial score (nSPS) is 18.5. The van der Waals surface area contributed by atoms with Gasteiger partial charge in [0.05, 0.1) is 0 Å². The second-order valence-electron chi connectivity index (χ2n) is 2.17. The molecule has 5 heteroatoms. The zero-order valence-electron chi connectivity index (χ0n) is 5.97. The fourth-order valence-corrected chi connectivity index (χ4v) is 0.508. The van der Waals surface area contributed by atoms with Crippen molar-refractivity contribution in [2.45, 2.75) is 25.2 Å². The molecule has 0 heterocycles. The molecule has 3 N–H and O–H groups in total. The molecule has 0 rings (SSSR count). The van der Waals surface area contributed by atoms with Gasteiger partial charge in [0.15, 0.2) is 12.1 Å². The van der Waals surface area contributed by atoms with Crippen LogP contribution in [0.1, 0.15) is 6.92 Å². The van der Waals surface area contributed by atoms with E-state index < -0.39 is 24.1 Å². The van der Waals surface area contributed by atoms with Crippen LogP contribution in [0.5, 0.6) is 0 Å². The molecule has 0 aliphatic rings. The Balaban J connectivity index is 4.11. The Labute approximate surface area is 63.3 Å². The third kappa shape index (κ3) is 2.75. The standard InChI is InChI=1S/C6H10O5/c1-3(8)5(10)6(11)4(9)2-7/h2,4-6,9-11H,1H3/t4-,5-,6+/m1/s1. The lowest BCUT2D eigenvalue weighted by atomic mass is 10.1. The average Bonchev–Trinajstić information content (AvgIpc) is 2.00. The zero-order valence-corrected chi connectivity index (χ0v) is 5.97. The number of aliphatic hydroxyl groups is 3. The number of carbonyl (C=O) groups is 2. The average molecular weight is 162 g/mol. The van der Waals surface area contributed by atoms with Crippen LogP contribution in [0.2, 0.25) is 0 Å². The monoisotopic (exact) mass is 162 g/mol. The van der Waals surface area contributed by atoms with E-state index >= 15 is 0 Å². The van der Waals surface area contributed by atoms with Gasteiger partial charge in [-0.2, -0.15) is 0 Å². The van der Waals surface area contributed by atoms with Crippen LogP contribution >= 0.6 is 0 Å². The molecule has 3 atom stereocenters. The van der Waals surface area contributed by atoms with Crippen molar-refractivity contribution in [2.24, 2.45) is 0 Å². The van der Waals surface area contributed by atoms with Crippen LogP contribution in [-0.2, 0) is 9.59 Å². The smallest absolute Gasteiger partial charge is 0.160 e. The van der Waals surface area contributed by atoms with Crippen molar-refractivity contribution in [3.8, 4) is 0 Å². The van der Waals surface area contributed by atoms with Crippen molar-refractivity contribution in [1.82, 2.24) is 0 Å². The molecule has 0 bridgehead atoms. The first kappa shape index (κ1) is 10.2. The molecular weight excluding hydrogens is 152 g/mol. The van der Waals surface area contributed by atoms with Crippen LogP contribution in [0.3, 0.4) is 0 Å². The Morgan fingerprint density at radius 1 is 1.36 bits per heavy atom. The van der Waals surface area contributed by atoms with E-state index in [1.807, 2.05) is 0 Å². The molecule has 5 nitrogen and oxygen atoms in total. The van der Waals surface area contributed by atoms with E-state index in [4.69, 9.17) is 15.3 Å². The van der Waals surface area contributed by atoms with E-state index in [1.54, 1.807) is 0 Å². The number of hydrogen-bond acceptors (Lipinski definition) is 5. The van der Waals surface area contributed by atoms with Gasteiger partial charge in [-0.1, -0.05) is 0 Å². The van der Waals surface area contributed by atoms with Gasteiger partial charge >= 0.3 is 0 Å². The summed E-state index contributed by atoms with van der Waals surface area (Å²) in [5, 5.41) is 26.2. The van der Waals surface area contributed by atoms with Crippen LogP contribution in [0.25, 0.3) is 0 Å². The highest BCUT2D eigenvalue weighted by molar-refractivity contribution is 5.81. The summed E-state index contributed by atoms with van der Waals surface area (Å²) in [6.07, 6.45) is -5.09. The van der Waals surface area contributed by atoms with Gasteiger partial charge in [0.2, 0.25) is 0 Å². The van der Waals surface area contributed by atoms with Crippen molar-refractivity contribution in [3.63, 3.8) is 0 Å². The van der Waals surface area contributed by atoms with E-state index in [2.05, 4.69) is 0 Å². The number of Topliss-reactive ketones (excluding diaryl/α,β-unsaturated/α-hetero) is 1. The van der Waals surface area contributed by atoms with Crippen molar-refractivity contribution in [3.05, 3.63) is 0 Å². The number of rotatable bonds is 4. The van der Waals surface area contributed by atoms with Gasteiger partial charge < -0.3 is 20.1 Å². The van der Waals surface area contributed by atoms with Crippen LogP contribution in [0.15, 0.2) is 0 Å². The summed E-state index contributed by atoms with van der Waals surface area (Å²) in [5.74, 6) is -0.696. The fourth-order valence-electron chi connectivity index (χ4n) is 0.508. The van der Waals surface area contributed by atoms with Gasteiger partial charge in [-0.05, 0) is 6.92 Å². The molecule has 0 aromatic carbocycles. The summed E-state index contributed by atoms with van der Waals surface area (Å²) in [7, 11) is 0. The molecule has 64 valence electrons. The number of hydrogen-bond donors (Lipinski definition) is 3. The summed E-state index contributed by atoms with van der Waals surface area (Å²) in [6.45, 7) is 1.05. The maximum Gasteiger partial charge on any atom is 0.160 e. The van der Waals surface area contributed by atoms with Crippen molar-refractivity contribution in [2.75, 3.05) is 0 Å². The number of aliphatic hydroxyl groups excluding tert-OH is 3. The lowest BCUT2D eigenvalue weighted by Gasteiger charge is -2.16. The number of carbonyl (C=O) groups excluding carboxylic acids is 2. The Morgan fingerprint density at radius 3 is 2.09 bits per heavy atom. The maximum absolute atomic E-state index is 10.4. The largest absolute Gasteiger partial charge is 0.387 e. The quantitative estimate of drug-likeness (QED) is 0.410. The predicted molar refractivity (Wildman–Crippen MR) is 34.8 cm³/mol. The summed E-state index contributed by atoms with van der Waals surface area (Å²) in [5.41, 5.74) is 0. The summed E-state index contributed by atoms with van der Waals surface area (Å²) in [4.78, 5) is 20.2. The van der Waals surface area contributed by atoms with Crippen LogP contribution in [-0.4, -0.2) is 45.7 Å². The predicted octanol–water partition coefficient (Wildman–Crippen LogP) is -2.14. The summed E-state index contributed by atoms with van der Waals surface area (Å²) >= 11 is 0. The molecule has 11 heavy (non-hydrogen) atoms. The van der Waals surface area contributed by atoms with Gasteiger partial charge in [-0.25, -0.2) is 0 Å². The summed E-state index contributed by atoms with van der Waals surface area (Å²) in [6, 6.07) is 0. The minimum atomic E-state index is -1.73. The van der Waals surface area contributed by atoms with Crippen LogP contribution in [0, 0.1) is 0 Å². The molecule has 0 aliphatic heterocycles. The van der Waals surface area contributed by atoms with Gasteiger partial charge in [0.1, 0.15) is 18.3 Å². The Hall–Kier alpha value is -0.780. The molecule has 0 radical (unpaired) electrons. The molecule has 0 aromatic rings. The van der Waals surface area contributed by atoms with E-state index in [-0.39, 0.29) is 6.29 Å². The minimum Gasteiger partial charge on any atom is -0.387 e. The Morgan fingerprint density at radius 2 is 1.82 bits per heavy atom. The van der Waals surface area contributed by atoms with Crippen molar-refractivity contribution >= 4 is 12.1 Å². The first-order valence-corrected chi connectivity index (χ1v) is 3.00. The molecule has 0 saturated carbocycles. The summed E-state index contributed by atoms with van der Waals surface area (Å²) < 4.78 is 0. The molecule has 0 aliphatic carbocycles. The zero-order chi connectivity index (χ0) is 9.02. The van der Waals surface area contributed by atoms with Gasteiger partial charge in [0.25, 0.3) is 0 Å². The fraction of sp³-hybridized carbons (Fsp3) is 0.667. The van der Waals surface area contributed by atoms with Crippen molar-refractivity contribution < 1.29 is 24.9 Å². The first-order valence-electron chi connectivity index (χ1n) is 3.00. The highest BCUT2D eigenvalue weighted by atomic mass is 16.4. The SMILES string of the molecule is CC(=O)[C@@H](O)[C@@H](O)[C@H](O)C=O. The second-order valence-corrected chi connectivity index (χ2v) is 2.17. The van der Waals surface area contributed by atoms with E-state index in [0.717, 1.165) is 6.92 Å². The van der Waals surface area contributed by atoms with Crippen molar-refractivity contribution in [1.29, 1.82) is 0 Å². The topological polar surface area (TPSA) is 94.8 Å². The maximum atomic E-state index is 10.4.